The van der Waals surface area contributed by atoms with Crippen molar-refractivity contribution in [2.75, 3.05) is 46.8 Å². The van der Waals surface area contributed by atoms with Gasteiger partial charge < -0.3 is 9.80 Å². The van der Waals surface area contributed by atoms with Gasteiger partial charge in [0.2, 0.25) is 0 Å². The van der Waals surface area contributed by atoms with Gasteiger partial charge in [-0.3, -0.25) is 9.69 Å². The molecule has 0 spiro atoms. The van der Waals surface area contributed by atoms with E-state index < -0.39 is 0 Å². The summed E-state index contributed by atoms with van der Waals surface area (Å²) in [5.41, 5.74) is 1.49. The standard InChI is InChI=1S/C24H32FN3O/c1-26(2)15-16-28(24(29)21-10-4-3-5-11-21)18-20-9-8-14-27(17-20)19-22-12-6-7-13-23(22)25/h3-7,10-13,20H,8-9,14-19H2,1-2H3/t20-/m0/s1. The van der Waals surface area contributed by atoms with Crippen molar-refractivity contribution >= 4 is 5.91 Å². The van der Waals surface area contributed by atoms with Gasteiger partial charge in [-0.25, -0.2) is 4.39 Å². The van der Waals surface area contributed by atoms with Crippen molar-refractivity contribution in [3.63, 3.8) is 0 Å². The lowest BCUT2D eigenvalue weighted by Gasteiger charge is -2.36. The zero-order chi connectivity index (χ0) is 20.6. The Hall–Kier alpha value is -2.24. The Balaban J connectivity index is 1.64. The first-order valence-electron chi connectivity index (χ1n) is 10.5. The Bertz CT molecular complexity index is 781. The highest BCUT2D eigenvalue weighted by Crippen LogP contribution is 2.21. The Labute approximate surface area is 173 Å². The number of rotatable bonds is 8. The molecule has 1 fully saturated rings. The zero-order valence-electron chi connectivity index (χ0n) is 17.6. The van der Waals surface area contributed by atoms with Crippen molar-refractivity contribution in [3.05, 3.63) is 71.5 Å². The number of carbonyl (C=O) groups is 1. The summed E-state index contributed by atoms with van der Waals surface area (Å²) in [7, 11) is 4.06. The average molecular weight is 398 g/mol. The lowest BCUT2D eigenvalue weighted by molar-refractivity contribution is 0.0660. The summed E-state index contributed by atoms with van der Waals surface area (Å²) < 4.78 is 14.0. The smallest absolute Gasteiger partial charge is 0.253 e. The first kappa shape index (κ1) is 21.5. The molecule has 1 heterocycles. The summed E-state index contributed by atoms with van der Waals surface area (Å²) in [5, 5.41) is 0. The Morgan fingerprint density at radius 2 is 1.79 bits per heavy atom. The molecule has 1 atom stereocenters. The van der Waals surface area contributed by atoms with E-state index >= 15 is 0 Å². The van der Waals surface area contributed by atoms with Crippen molar-refractivity contribution in [1.29, 1.82) is 0 Å². The fourth-order valence-corrected chi connectivity index (χ4v) is 3.98. The molecule has 4 nitrogen and oxygen atoms in total. The Morgan fingerprint density at radius 3 is 2.52 bits per heavy atom. The Kier molecular flexibility index (Phi) is 7.78. The number of halogens is 1. The predicted molar refractivity (Wildman–Crippen MR) is 115 cm³/mol. The maximum absolute atomic E-state index is 14.0. The molecule has 0 aliphatic carbocycles. The lowest BCUT2D eigenvalue weighted by atomic mass is 9.96. The number of likely N-dealkylation sites (N-methyl/N-ethyl adjacent to an activating group) is 1. The number of hydrogen-bond donors (Lipinski definition) is 0. The van der Waals surface area contributed by atoms with Crippen LogP contribution in [-0.2, 0) is 6.54 Å². The van der Waals surface area contributed by atoms with Crippen LogP contribution in [0.4, 0.5) is 4.39 Å². The van der Waals surface area contributed by atoms with Crippen LogP contribution in [0.15, 0.2) is 54.6 Å². The summed E-state index contributed by atoms with van der Waals surface area (Å²) in [4.78, 5) is 19.5. The zero-order valence-corrected chi connectivity index (χ0v) is 17.6. The minimum Gasteiger partial charge on any atom is -0.337 e. The molecule has 0 saturated carbocycles. The molecule has 1 aliphatic rings. The number of nitrogens with zero attached hydrogens (tertiary/aromatic N) is 3. The van der Waals surface area contributed by atoms with E-state index in [0.29, 0.717) is 19.0 Å². The van der Waals surface area contributed by atoms with Crippen LogP contribution in [-0.4, -0.2) is 67.4 Å². The van der Waals surface area contributed by atoms with Gasteiger partial charge in [0.1, 0.15) is 5.82 Å². The predicted octanol–water partition coefficient (Wildman–Crippen LogP) is 3.74. The minimum absolute atomic E-state index is 0.0960. The minimum atomic E-state index is -0.138. The topological polar surface area (TPSA) is 26.8 Å². The van der Waals surface area contributed by atoms with Gasteiger partial charge in [-0.15, -0.1) is 0 Å². The molecule has 5 heteroatoms. The second-order valence-corrected chi connectivity index (χ2v) is 8.26. The first-order valence-corrected chi connectivity index (χ1v) is 10.5. The number of amides is 1. The Morgan fingerprint density at radius 1 is 1.07 bits per heavy atom. The van der Waals surface area contributed by atoms with Crippen LogP contribution in [0.5, 0.6) is 0 Å². The summed E-state index contributed by atoms with van der Waals surface area (Å²) in [6, 6.07) is 16.5. The molecule has 1 amide bonds. The van der Waals surface area contributed by atoms with E-state index in [1.807, 2.05) is 61.5 Å². The third-order valence-corrected chi connectivity index (χ3v) is 5.56. The van der Waals surface area contributed by atoms with Crippen LogP contribution in [0.2, 0.25) is 0 Å². The summed E-state index contributed by atoms with van der Waals surface area (Å²) in [6.07, 6.45) is 2.19. The molecule has 3 rings (SSSR count). The van der Waals surface area contributed by atoms with Gasteiger partial charge in [-0.1, -0.05) is 36.4 Å². The molecular weight excluding hydrogens is 365 g/mol. The monoisotopic (exact) mass is 397 g/mol. The molecule has 156 valence electrons. The van der Waals surface area contributed by atoms with E-state index in [1.165, 1.54) is 6.07 Å². The first-order chi connectivity index (χ1) is 14.0. The molecule has 2 aromatic carbocycles. The van der Waals surface area contributed by atoms with Gasteiger partial charge in [-0.2, -0.15) is 0 Å². The van der Waals surface area contributed by atoms with Crippen molar-refractivity contribution in [3.8, 4) is 0 Å². The second-order valence-electron chi connectivity index (χ2n) is 8.26. The number of piperidine rings is 1. The quantitative estimate of drug-likeness (QED) is 0.679. The van der Waals surface area contributed by atoms with Crippen LogP contribution in [0.25, 0.3) is 0 Å². The van der Waals surface area contributed by atoms with Crippen molar-refractivity contribution in [1.82, 2.24) is 14.7 Å². The molecule has 0 unspecified atom stereocenters. The van der Waals surface area contributed by atoms with E-state index in [1.54, 1.807) is 6.07 Å². The highest BCUT2D eigenvalue weighted by Gasteiger charge is 2.25. The third-order valence-electron chi connectivity index (χ3n) is 5.56. The van der Waals surface area contributed by atoms with E-state index in [0.717, 1.165) is 50.1 Å². The molecule has 29 heavy (non-hydrogen) atoms. The van der Waals surface area contributed by atoms with E-state index in [9.17, 15) is 9.18 Å². The van der Waals surface area contributed by atoms with Gasteiger partial charge in [-0.05, 0) is 57.6 Å². The SMILES string of the molecule is CN(C)CCN(C[C@H]1CCCN(Cc2ccccc2F)C1)C(=O)c1ccccc1. The largest absolute Gasteiger partial charge is 0.337 e. The van der Waals surface area contributed by atoms with Gasteiger partial charge >= 0.3 is 0 Å². The highest BCUT2D eigenvalue weighted by atomic mass is 19.1. The van der Waals surface area contributed by atoms with Crippen molar-refractivity contribution < 1.29 is 9.18 Å². The average Bonchev–Trinajstić information content (AvgIpc) is 2.73. The molecule has 0 bridgehead atoms. The summed E-state index contributed by atoms with van der Waals surface area (Å²) >= 11 is 0. The van der Waals surface area contributed by atoms with E-state index in [4.69, 9.17) is 0 Å². The normalized spacial score (nSPS) is 17.4. The van der Waals surface area contributed by atoms with Crippen molar-refractivity contribution in [2.24, 2.45) is 5.92 Å². The fourth-order valence-electron chi connectivity index (χ4n) is 3.98. The third kappa shape index (κ3) is 6.38. The van der Waals surface area contributed by atoms with E-state index in [-0.39, 0.29) is 11.7 Å². The highest BCUT2D eigenvalue weighted by molar-refractivity contribution is 5.94. The van der Waals surface area contributed by atoms with Gasteiger partial charge in [0.25, 0.3) is 5.91 Å². The van der Waals surface area contributed by atoms with Gasteiger partial charge in [0, 0.05) is 43.9 Å². The maximum atomic E-state index is 14.0. The molecule has 0 radical (unpaired) electrons. The molecule has 2 aromatic rings. The summed E-state index contributed by atoms with van der Waals surface area (Å²) in [6.45, 7) is 4.81. The van der Waals surface area contributed by atoms with Gasteiger partial charge in [0.05, 0.1) is 0 Å². The van der Waals surface area contributed by atoms with Crippen molar-refractivity contribution in [2.45, 2.75) is 19.4 Å². The number of benzene rings is 2. The van der Waals surface area contributed by atoms with Gasteiger partial charge in [0.15, 0.2) is 0 Å². The summed E-state index contributed by atoms with van der Waals surface area (Å²) in [5.74, 6) is 0.366. The lowest BCUT2D eigenvalue weighted by Crippen LogP contribution is -2.44. The number of carbonyl (C=O) groups excluding carboxylic acids is 1. The molecule has 1 saturated heterocycles. The van der Waals surface area contributed by atoms with Crippen LogP contribution < -0.4 is 0 Å². The van der Waals surface area contributed by atoms with Crippen LogP contribution in [0, 0.1) is 11.7 Å². The molecule has 0 aromatic heterocycles. The molecule has 1 aliphatic heterocycles. The fraction of sp³-hybridized carbons (Fsp3) is 0.458. The number of hydrogen-bond acceptors (Lipinski definition) is 3. The van der Waals surface area contributed by atoms with Crippen LogP contribution in [0.3, 0.4) is 0 Å². The van der Waals surface area contributed by atoms with E-state index in [2.05, 4.69) is 9.80 Å². The van der Waals surface area contributed by atoms with Crippen LogP contribution >= 0.6 is 0 Å². The molecule has 0 N–H and O–H groups in total. The van der Waals surface area contributed by atoms with Crippen LogP contribution in [0.1, 0.15) is 28.8 Å². The second kappa shape index (κ2) is 10.5. The maximum Gasteiger partial charge on any atom is 0.253 e. The molecular formula is C24H32FN3O. The number of likely N-dealkylation sites (tertiary alicyclic amines) is 1.